The second kappa shape index (κ2) is 1250. The Morgan fingerprint density at radius 1 is 0.342 bits per heavy atom. The zero-order valence-corrected chi connectivity index (χ0v) is 36.7. The van der Waals surface area contributed by atoms with E-state index in [0.29, 0.717) is 0 Å². The van der Waals surface area contributed by atoms with E-state index >= 15 is 0 Å². The van der Waals surface area contributed by atoms with Crippen LogP contribution in [0.25, 0.3) is 73.8 Å². The molecule has 34 N–H and O–H groups in total. The Labute approximate surface area is 352 Å². The van der Waals surface area contributed by atoms with Gasteiger partial charge in [0.25, 0.3) is 0 Å². The van der Waals surface area contributed by atoms with Crippen molar-refractivity contribution in [3.63, 3.8) is 0 Å². The van der Waals surface area contributed by atoms with Crippen LogP contribution in [-0.4, -0.2) is 76.2 Å². The molecule has 0 amide bonds. The third-order valence-corrected chi connectivity index (χ3v) is 1.50. The minimum absolute atomic E-state index is 0. The molecule has 0 aliphatic rings. The molecule has 0 radical (unpaired) electrons. The molecular formula is C7H56N12O6Pd6S7-4. The largest absolute Gasteiger partial charge is 2.00 e. The predicted octanol–water partition coefficient (Wildman–Crippen LogP) is 8.13. The van der Waals surface area contributed by atoms with E-state index < -0.39 is 0 Å². The standard InChI is InChI=1S/C2H6S2.5CH4S.12H2N.H2O2.4H2O.6Pd/c1-3-4-2;5*1-2;;;;;;;;;;;;;1-2;;;;;;;;;;/h1-2H3;5*2H,1H3;12*1H2;1-2H;4*1H2;;;;;;/q;;;;;;12*-1;;;;;;6*+2/p-4. The Morgan fingerprint density at radius 3 is 0.368 bits per heavy atom. The van der Waals surface area contributed by atoms with E-state index in [-0.39, 0.29) is 218 Å². The van der Waals surface area contributed by atoms with Crippen LogP contribution >= 0.6 is 34.2 Å². The van der Waals surface area contributed by atoms with Crippen LogP contribution in [0, 0.1) is 0 Å². The maximum Gasteiger partial charge on any atom is 2.00 e. The van der Waals surface area contributed by atoms with Crippen LogP contribution in [0.4, 0.5) is 0 Å². The summed E-state index contributed by atoms with van der Waals surface area (Å²) >= 11 is 19.9. The van der Waals surface area contributed by atoms with Crippen molar-refractivity contribution in [3.05, 3.63) is 73.8 Å². The molecule has 0 rings (SSSR count). The summed E-state index contributed by atoms with van der Waals surface area (Å²) in [7, 11) is 3.55. The molecule has 38 heavy (non-hydrogen) atoms. The molecule has 0 spiro atoms. The Morgan fingerprint density at radius 2 is 0.368 bits per heavy atom. The molecule has 18 nitrogen and oxygen atoms in total. The Kier molecular flexibility index (Phi) is 12100. The Hall–Kier alpha value is 5.70. The van der Waals surface area contributed by atoms with Crippen LogP contribution < -0.4 is 0 Å². The minimum Gasteiger partial charge on any atom is -0.796 e. The van der Waals surface area contributed by atoms with Gasteiger partial charge in [-0.05, 0) is 18.8 Å². The fourth-order valence-corrected chi connectivity index (χ4v) is 0. The molecule has 0 saturated carbocycles. The number of hydrogen-bond acceptors (Lipinski definition) is 9. The summed E-state index contributed by atoms with van der Waals surface area (Å²) in [5, 5.41) is 12.0. The summed E-state index contributed by atoms with van der Waals surface area (Å²) in [4.78, 5) is 0. The van der Waals surface area contributed by atoms with E-state index in [0.717, 1.165) is 0 Å². The third kappa shape index (κ3) is 1540. The minimum atomic E-state index is 0. The van der Waals surface area contributed by atoms with Gasteiger partial charge in [0.05, 0.1) is 0 Å². The van der Waals surface area contributed by atoms with Crippen LogP contribution in [0.15, 0.2) is 0 Å². The summed E-state index contributed by atoms with van der Waals surface area (Å²) in [6.07, 6.45) is 12.1. The van der Waals surface area contributed by atoms with Gasteiger partial charge in [-0.15, -0.1) is 0 Å². The summed E-state index contributed by atoms with van der Waals surface area (Å²) in [6, 6.07) is 0. The fraction of sp³-hybridized carbons (Fsp3) is 1.00. The molecule has 0 atom stereocenters. The first-order valence-electron chi connectivity index (χ1n) is 3.26. The molecule has 0 saturated heterocycles. The van der Waals surface area contributed by atoms with Crippen molar-refractivity contribution < 1.29 is 155 Å². The van der Waals surface area contributed by atoms with Gasteiger partial charge in [-0.25, -0.2) is 0 Å². The molecule has 0 aromatic rings. The summed E-state index contributed by atoms with van der Waals surface area (Å²) in [6.45, 7) is 0. The zero-order chi connectivity index (χ0) is 15.4. The van der Waals surface area contributed by atoms with Crippen molar-refractivity contribution >= 4 is 84.7 Å². The van der Waals surface area contributed by atoms with Gasteiger partial charge in [0, 0.05) is 0 Å². The fourth-order valence-electron chi connectivity index (χ4n) is 0. The maximum absolute atomic E-state index is 6.00. The Bertz CT molecular complexity index is 88.1. The molecule has 0 heterocycles. The maximum atomic E-state index is 6.00. The first-order valence-corrected chi connectivity index (χ1v) is 10.4. The molecule has 0 aliphatic carbocycles. The molecule has 0 aliphatic heterocycles. The Balaban J connectivity index is -0.000000000850. The van der Waals surface area contributed by atoms with Crippen LogP contribution in [0.1, 0.15) is 0 Å². The number of thiol groups is 1. The van der Waals surface area contributed by atoms with Gasteiger partial charge in [0.2, 0.25) is 0 Å². The van der Waals surface area contributed by atoms with Gasteiger partial charge in [-0.3, -0.25) is 10.5 Å². The van der Waals surface area contributed by atoms with E-state index in [1.807, 2.05) is 0 Å². The third-order valence-electron chi connectivity index (χ3n) is 0.167. The van der Waals surface area contributed by atoms with Gasteiger partial charge in [-0.1, -0.05) is 21.6 Å². The molecule has 31 heteroatoms. The monoisotopic (exact) mass is 1260 g/mol. The van der Waals surface area contributed by atoms with Crippen LogP contribution in [0.5, 0.6) is 0 Å². The van der Waals surface area contributed by atoms with E-state index in [2.05, 4.69) is 75.7 Å². The smallest absolute Gasteiger partial charge is 0.796 e. The van der Waals surface area contributed by atoms with Crippen molar-refractivity contribution in [2.45, 2.75) is 0 Å². The van der Waals surface area contributed by atoms with Gasteiger partial charge in [-0.2, -0.15) is 37.7 Å². The van der Waals surface area contributed by atoms with Crippen molar-refractivity contribution in [1.82, 2.24) is 0 Å². The number of hydrogen-bond donors (Lipinski definition) is 3. The molecule has 286 valence electrons. The molecular weight excluding hydrogens is 1210 g/mol. The second-order valence-corrected chi connectivity index (χ2v) is 3.00. The number of nitrogens with two attached hydrogens (primary N) is 12. The van der Waals surface area contributed by atoms with E-state index in [9.17, 15) is 0 Å². The van der Waals surface area contributed by atoms with Gasteiger partial charge >= 0.3 is 123 Å². The quantitative estimate of drug-likeness (QED) is 0.0573. The van der Waals surface area contributed by atoms with Gasteiger partial charge in [0.1, 0.15) is 0 Å². The summed E-state index contributed by atoms with van der Waals surface area (Å²) < 4.78 is 0. The van der Waals surface area contributed by atoms with Crippen LogP contribution in [-0.2, 0) is 173 Å². The molecule has 0 fully saturated rings. The van der Waals surface area contributed by atoms with E-state index in [1.54, 1.807) is 52.9 Å². The SMILES string of the molecule is CS.CSSC.C[S-].C[S-].C[S-].C[S-].O.O.O.O.OO.[NH2-].[NH2-].[NH2-].[NH2-].[NH2-].[NH2-].[NH2-].[NH2-].[NH2-].[NH2-].[NH2-].[NH2-].[Pd+2].[Pd+2].[Pd+2].[Pd+2].[Pd+2].[Pd+2]. The number of rotatable bonds is 1. The van der Waals surface area contributed by atoms with Crippen molar-refractivity contribution in [1.29, 1.82) is 0 Å². The molecule has 0 aromatic carbocycles. The first-order chi connectivity index (χ1) is 7.91. The molecule has 0 bridgehead atoms. The first kappa shape index (κ1) is 369. The predicted molar refractivity (Wildman–Crippen MR) is 178 cm³/mol. The van der Waals surface area contributed by atoms with Crippen LogP contribution in [0.2, 0.25) is 0 Å². The molecule has 0 aromatic heterocycles. The van der Waals surface area contributed by atoms with Crippen LogP contribution in [0.3, 0.4) is 0 Å². The second-order valence-electron chi connectivity index (χ2n) is 0.333. The van der Waals surface area contributed by atoms with Gasteiger partial charge in [0.15, 0.2) is 0 Å². The average molecular weight is 1270 g/mol. The summed E-state index contributed by atoms with van der Waals surface area (Å²) in [5.74, 6) is 0. The van der Waals surface area contributed by atoms with E-state index in [1.165, 1.54) is 0 Å². The van der Waals surface area contributed by atoms with Crippen molar-refractivity contribution in [3.8, 4) is 0 Å². The summed E-state index contributed by atoms with van der Waals surface area (Å²) in [5.41, 5.74) is 0. The average Bonchev–Trinajstić information content (AvgIpc) is 2.51. The van der Waals surface area contributed by atoms with Crippen molar-refractivity contribution in [2.75, 3.05) is 43.8 Å². The van der Waals surface area contributed by atoms with E-state index in [4.69, 9.17) is 10.5 Å². The van der Waals surface area contributed by atoms with Crippen molar-refractivity contribution in [2.24, 2.45) is 0 Å². The van der Waals surface area contributed by atoms with Gasteiger partial charge < -0.3 is 146 Å². The zero-order valence-electron chi connectivity index (χ0n) is 21.6. The topological polar surface area (TPSA) is 568 Å². The normalized spacial score (nSPS) is 1.74. The molecule has 0 unspecified atom stereocenters.